The Morgan fingerprint density at radius 1 is 1.19 bits per heavy atom. The zero-order chi connectivity index (χ0) is 15.1. The molecule has 1 aromatic heterocycles. The van der Waals surface area contributed by atoms with Gasteiger partial charge in [-0.05, 0) is 42.8 Å². The average Bonchev–Trinajstić information content (AvgIpc) is 2.50. The summed E-state index contributed by atoms with van der Waals surface area (Å²) in [6.45, 7) is 4.91. The van der Waals surface area contributed by atoms with Crippen molar-refractivity contribution in [1.29, 1.82) is 0 Å². The highest BCUT2D eigenvalue weighted by Gasteiger charge is 2.04. The molecule has 21 heavy (non-hydrogen) atoms. The first-order chi connectivity index (χ1) is 10.2. The van der Waals surface area contributed by atoms with Gasteiger partial charge in [0.2, 0.25) is 0 Å². The molecule has 0 aliphatic carbocycles. The van der Waals surface area contributed by atoms with Gasteiger partial charge in [-0.2, -0.15) is 0 Å². The van der Waals surface area contributed by atoms with Crippen LogP contribution in [0.15, 0.2) is 47.1 Å². The Kier molecular flexibility index (Phi) is 6.21. The molecule has 2 aromatic rings. The van der Waals surface area contributed by atoms with Crippen molar-refractivity contribution in [2.75, 3.05) is 18.5 Å². The molecule has 0 aliphatic rings. The lowest BCUT2D eigenvalue weighted by atomic mass is 10.2. The van der Waals surface area contributed by atoms with Crippen LogP contribution in [-0.4, -0.2) is 18.6 Å². The van der Waals surface area contributed by atoms with Crippen LogP contribution in [0.3, 0.4) is 0 Å². The van der Waals surface area contributed by atoms with Gasteiger partial charge >= 0.3 is 0 Å². The van der Waals surface area contributed by atoms with Gasteiger partial charge in [0.15, 0.2) is 0 Å². The number of anilines is 1. The molecule has 1 heterocycles. The minimum absolute atomic E-state index is 0.827. The van der Waals surface area contributed by atoms with E-state index in [4.69, 9.17) is 0 Å². The first-order valence-corrected chi connectivity index (χ1v) is 8.09. The summed E-state index contributed by atoms with van der Waals surface area (Å²) in [7, 11) is 2.11. The van der Waals surface area contributed by atoms with Gasteiger partial charge in [0.25, 0.3) is 0 Å². The molecule has 1 N–H and O–H groups in total. The van der Waals surface area contributed by atoms with Crippen LogP contribution in [0.2, 0.25) is 0 Å². The summed E-state index contributed by atoms with van der Waals surface area (Å²) in [4.78, 5) is 6.66. The van der Waals surface area contributed by atoms with Crippen molar-refractivity contribution >= 4 is 21.6 Å². The Morgan fingerprint density at radius 3 is 2.67 bits per heavy atom. The minimum Gasteiger partial charge on any atom is -0.370 e. The number of benzene rings is 1. The minimum atomic E-state index is 0.827. The Balaban J connectivity index is 1.99. The molecule has 0 saturated carbocycles. The molecule has 0 fully saturated rings. The molecule has 0 radical (unpaired) electrons. The zero-order valence-corrected chi connectivity index (χ0v) is 14.2. The van der Waals surface area contributed by atoms with E-state index in [0.717, 1.165) is 36.2 Å². The normalized spacial score (nSPS) is 10.6. The van der Waals surface area contributed by atoms with Crippen LogP contribution < -0.4 is 10.2 Å². The van der Waals surface area contributed by atoms with E-state index in [1.54, 1.807) is 0 Å². The van der Waals surface area contributed by atoms with Crippen LogP contribution in [0, 0.1) is 0 Å². The number of pyridine rings is 1. The summed E-state index contributed by atoms with van der Waals surface area (Å²) >= 11 is 3.47. The predicted octanol–water partition coefficient (Wildman–Crippen LogP) is 3.98. The van der Waals surface area contributed by atoms with Gasteiger partial charge in [0, 0.05) is 36.5 Å². The van der Waals surface area contributed by atoms with Crippen LogP contribution in [-0.2, 0) is 13.1 Å². The molecule has 0 spiro atoms. The third-order valence-corrected chi connectivity index (χ3v) is 3.84. The first-order valence-electron chi connectivity index (χ1n) is 7.30. The van der Waals surface area contributed by atoms with Crippen molar-refractivity contribution in [3.63, 3.8) is 0 Å². The summed E-state index contributed by atoms with van der Waals surface area (Å²) in [5, 5.41) is 3.39. The summed E-state index contributed by atoms with van der Waals surface area (Å²) < 4.78 is 1.11. The van der Waals surface area contributed by atoms with E-state index in [0.29, 0.717) is 0 Å². The van der Waals surface area contributed by atoms with Crippen LogP contribution in [0.4, 0.5) is 5.69 Å². The molecule has 1 aromatic carbocycles. The first kappa shape index (κ1) is 16.0. The highest BCUT2D eigenvalue weighted by Crippen LogP contribution is 2.17. The van der Waals surface area contributed by atoms with E-state index in [2.05, 4.69) is 81.5 Å². The van der Waals surface area contributed by atoms with E-state index in [9.17, 15) is 0 Å². The lowest BCUT2D eigenvalue weighted by Gasteiger charge is -2.20. The molecular weight excluding hydrogens is 326 g/mol. The van der Waals surface area contributed by atoms with Crippen molar-refractivity contribution in [3.8, 4) is 0 Å². The van der Waals surface area contributed by atoms with E-state index in [1.807, 2.05) is 6.20 Å². The van der Waals surface area contributed by atoms with Crippen LogP contribution in [0.5, 0.6) is 0 Å². The summed E-state index contributed by atoms with van der Waals surface area (Å²) in [6, 6.07) is 12.7. The molecule has 0 unspecified atom stereocenters. The van der Waals surface area contributed by atoms with Gasteiger partial charge in [-0.3, -0.25) is 4.98 Å². The van der Waals surface area contributed by atoms with Gasteiger partial charge < -0.3 is 10.2 Å². The van der Waals surface area contributed by atoms with Crippen molar-refractivity contribution in [2.24, 2.45) is 0 Å². The van der Waals surface area contributed by atoms with E-state index < -0.39 is 0 Å². The molecule has 0 saturated heterocycles. The standard InChI is InChI=1S/C17H22BrN3/c1-3-9-19-12-16-11-17(8-10-20-16)21(2)13-14-4-6-15(18)7-5-14/h4-8,10-11,19H,3,9,12-13H2,1-2H3. The zero-order valence-electron chi connectivity index (χ0n) is 12.6. The van der Waals surface area contributed by atoms with Gasteiger partial charge in [-0.25, -0.2) is 0 Å². The van der Waals surface area contributed by atoms with E-state index >= 15 is 0 Å². The number of aromatic nitrogens is 1. The summed E-state index contributed by atoms with van der Waals surface area (Å²) in [5.74, 6) is 0. The second kappa shape index (κ2) is 8.15. The van der Waals surface area contributed by atoms with Gasteiger partial charge in [-0.15, -0.1) is 0 Å². The van der Waals surface area contributed by atoms with E-state index in [1.165, 1.54) is 11.3 Å². The summed E-state index contributed by atoms with van der Waals surface area (Å²) in [5.41, 5.74) is 3.58. The monoisotopic (exact) mass is 347 g/mol. The summed E-state index contributed by atoms with van der Waals surface area (Å²) in [6.07, 6.45) is 3.03. The van der Waals surface area contributed by atoms with Gasteiger partial charge in [0.05, 0.1) is 5.69 Å². The fourth-order valence-corrected chi connectivity index (χ4v) is 2.41. The molecule has 0 bridgehead atoms. The number of hydrogen-bond acceptors (Lipinski definition) is 3. The molecular formula is C17H22BrN3. The topological polar surface area (TPSA) is 28.2 Å². The quantitative estimate of drug-likeness (QED) is 0.767. The highest BCUT2D eigenvalue weighted by molar-refractivity contribution is 9.10. The number of halogens is 1. The third-order valence-electron chi connectivity index (χ3n) is 3.31. The smallest absolute Gasteiger partial charge is 0.0562 e. The molecule has 3 nitrogen and oxygen atoms in total. The lowest BCUT2D eigenvalue weighted by Crippen LogP contribution is -2.18. The van der Waals surface area contributed by atoms with Crippen molar-refractivity contribution in [1.82, 2.24) is 10.3 Å². The largest absolute Gasteiger partial charge is 0.370 e. The van der Waals surface area contributed by atoms with Crippen LogP contribution in [0.1, 0.15) is 24.6 Å². The van der Waals surface area contributed by atoms with Crippen LogP contribution >= 0.6 is 15.9 Å². The lowest BCUT2D eigenvalue weighted by molar-refractivity contribution is 0.664. The van der Waals surface area contributed by atoms with Crippen molar-refractivity contribution in [3.05, 3.63) is 58.3 Å². The third kappa shape index (κ3) is 5.14. The maximum absolute atomic E-state index is 4.42. The number of nitrogens with zero attached hydrogens (tertiary/aromatic N) is 2. The molecule has 2 rings (SSSR count). The van der Waals surface area contributed by atoms with Crippen molar-refractivity contribution in [2.45, 2.75) is 26.4 Å². The second-order valence-electron chi connectivity index (χ2n) is 5.16. The average molecular weight is 348 g/mol. The Labute approximate surface area is 135 Å². The van der Waals surface area contributed by atoms with E-state index in [-0.39, 0.29) is 0 Å². The predicted molar refractivity (Wildman–Crippen MR) is 92.5 cm³/mol. The second-order valence-corrected chi connectivity index (χ2v) is 6.08. The maximum Gasteiger partial charge on any atom is 0.0562 e. The number of rotatable bonds is 7. The number of hydrogen-bond donors (Lipinski definition) is 1. The van der Waals surface area contributed by atoms with Gasteiger partial charge in [0.1, 0.15) is 0 Å². The fourth-order valence-electron chi connectivity index (χ4n) is 2.15. The fraction of sp³-hybridized carbons (Fsp3) is 0.353. The molecule has 0 atom stereocenters. The van der Waals surface area contributed by atoms with Crippen LogP contribution in [0.25, 0.3) is 0 Å². The van der Waals surface area contributed by atoms with Gasteiger partial charge in [-0.1, -0.05) is 35.0 Å². The Morgan fingerprint density at radius 2 is 1.95 bits per heavy atom. The molecule has 4 heteroatoms. The Bertz CT molecular complexity index is 554. The number of nitrogens with one attached hydrogen (secondary N) is 1. The SMILES string of the molecule is CCCNCc1cc(N(C)Cc2ccc(Br)cc2)ccn1. The molecule has 0 amide bonds. The Hall–Kier alpha value is -1.39. The molecule has 112 valence electrons. The molecule has 0 aliphatic heterocycles. The maximum atomic E-state index is 4.42. The highest BCUT2D eigenvalue weighted by atomic mass is 79.9. The van der Waals surface area contributed by atoms with Crippen molar-refractivity contribution < 1.29 is 0 Å².